The third kappa shape index (κ3) is 2.18. The summed E-state index contributed by atoms with van der Waals surface area (Å²) in [6, 6.07) is 13.8. The van der Waals surface area contributed by atoms with Crippen LogP contribution in [-0.4, -0.2) is 17.2 Å². The molecule has 3 rings (SSSR count). The van der Waals surface area contributed by atoms with Gasteiger partial charge in [0.1, 0.15) is 18.0 Å². The Morgan fingerprint density at radius 3 is 2.58 bits per heavy atom. The Hall–Kier alpha value is -2.69. The summed E-state index contributed by atoms with van der Waals surface area (Å²) < 4.78 is 5.60. The Labute approximate surface area is 109 Å². The number of fused-ring (bicyclic) bond motifs is 1. The summed E-state index contributed by atoms with van der Waals surface area (Å²) in [5.74, 6) is 0.758. The summed E-state index contributed by atoms with van der Waals surface area (Å²) in [6.45, 7) is 0.370. The highest BCUT2D eigenvalue weighted by atomic mass is 16.6. The van der Waals surface area contributed by atoms with E-state index in [0.29, 0.717) is 6.61 Å². The van der Waals surface area contributed by atoms with Crippen LogP contribution in [0.5, 0.6) is 5.75 Å². The van der Waals surface area contributed by atoms with Crippen LogP contribution in [0.2, 0.25) is 0 Å². The average Bonchev–Trinajstić information content (AvgIpc) is 2.47. The molecular weight excluding hydrogens is 244 g/mol. The smallest absolute Gasteiger partial charge is 0.269 e. The molecule has 0 bridgehead atoms. The van der Waals surface area contributed by atoms with E-state index in [4.69, 9.17) is 4.74 Å². The maximum absolute atomic E-state index is 10.6. The van der Waals surface area contributed by atoms with E-state index in [2.05, 4.69) is 4.99 Å². The monoisotopic (exact) mass is 254 g/mol. The Morgan fingerprint density at radius 2 is 1.84 bits per heavy atom. The molecule has 1 aliphatic heterocycles. The van der Waals surface area contributed by atoms with Crippen molar-refractivity contribution >= 4 is 17.1 Å². The van der Waals surface area contributed by atoms with E-state index < -0.39 is 4.92 Å². The number of rotatable bonds is 2. The second kappa shape index (κ2) is 4.53. The van der Waals surface area contributed by atoms with Crippen LogP contribution in [0, 0.1) is 10.1 Å². The Kier molecular flexibility index (Phi) is 2.72. The Balaban J connectivity index is 1.95. The average molecular weight is 254 g/mol. The highest BCUT2D eigenvalue weighted by molar-refractivity contribution is 6.04. The van der Waals surface area contributed by atoms with Crippen molar-refractivity contribution < 1.29 is 9.66 Å². The number of nitro benzene ring substituents is 1. The van der Waals surface area contributed by atoms with Gasteiger partial charge in [0.15, 0.2) is 0 Å². The zero-order valence-electron chi connectivity index (χ0n) is 9.95. The molecule has 0 aromatic heterocycles. The van der Waals surface area contributed by atoms with Crippen molar-refractivity contribution in [3.63, 3.8) is 0 Å². The molecule has 2 aromatic rings. The van der Waals surface area contributed by atoms with Gasteiger partial charge in [-0.2, -0.15) is 0 Å². The summed E-state index contributed by atoms with van der Waals surface area (Å²) in [4.78, 5) is 14.7. The minimum Gasteiger partial charge on any atom is -0.485 e. The molecule has 0 aliphatic carbocycles. The maximum atomic E-state index is 10.6. The van der Waals surface area contributed by atoms with Gasteiger partial charge in [0, 0.05) is 12.1 Å². The zero-order chi connectivity index (χ0) is 13.2. The minimum absolute atomic E-state index is 0.0708. The quantitative estimate of drug-likeness (QED) is 0.611. The first-order valence-corrected chi connectivity index (χ1v) is 5.78. The first-order valence-electron chi connectivity index (χ1n) is 5.78. The number of para-hydroxylation sites is 2. The van der Waals surface area contributed by atoms with Crippen LogP contribution < -0.4 is 4.74 Å². The molecule has 0 spiro atoms. The molecule has 0 atom stereocenters. The fourth-order valence-electron chi connectivity index (χ4n) is 1.92. The van der Waals surface area contributed by atoms with Gasteiger partial charge in [0.2, 0.25) is 0 Å². The molecule has 0 N–H and O–H groups in total. The molecule has 94 valence electrons. The molecule has 2 aromatic carbocycles. The van der Waals surface area contributed by atoms with Gasteiger partial charge in [-0.3, -0.25) is 10.1 Å². The van der Waals surface area contributed by atoms with Crippen molar-refractivity contribution in [2.75, 3.05) is 6.61 Å². The van der Waals surface area contributed by atoms with Crippen LogP contribution in [-0.2, 0) is 0 Å². The van der Waals surface area contributed by atoms with E-state index >= 15 is 0 Å². The second-order valence-corrected chi connectivity index (χ2v) is 4.12. The fourth-order valence-corrected chi connectivity index (χ4v) is 1.92. The first kappa shape index (κ1) is 11.4. The molecule has 1 aliphatic rings. The molecule has 0 radical (unpaired) electrons. The number of nitro groups is 1. The molecule has 5 nitrogen and oxygen atoms in total. The summed E-state index contributed by atoms with van der Waals surface area (Å²) in [5.41, 5.74) is 2.46. The summed E-state index contributed by atoms with van der Waals surface area (Å²) in [5, 5.41) is 10.6. The predicted octanol–water partition coefficient (Wildman–Crippen LogP) is 3.11. The maximum Gasteiger partial charge on any atom is 0.269 e. The molecule has 0 saturated heterocycles. The molecule has 5 heteroatoms. The van der Waals surface area contributed by atoms with Crippen molar-refractivity contribution in [3.05, 3.63) is 64.2 Å². The van der Waals surface area contributed by atoms with E-state index in [1.807, 2.05) is 24.3 Å². The van der Waals surface area contributed by atoms with Gasteiger partial charge < -0.3 is 4.74 Å². The number of nitrogens with zero attached hydrogens (tertiary/aromatic N) is 2. The summed E-state index contributed by atoms with van der Waals surface area (Å²) in [6.07, 6.45) is 0. The minimum atomic E-state index is -0.418. The van der Waals surface area contributed by atoms with Crippen LogP contribution in [0.1, 0.15) is 5.56 Å². The van der Waals surface area contributed by atoms with Crippen LogP contribution in [0.3, 0.4) is 0 Å². The van der Waals surface area contributed by atoms with Gasteiger partial charge in [-0.05, 0) is 29.8 Å². The SMILES string of the molecule is O=[N+]([O-])c1ccc(C2=Nc3ccccc3OC2)cc1. The van der Waals surface area contributed by atoms with E-state index in [0.717, 1.165) is 22.7 Å². The predicted molar refractivity (Wildman–Crippen MR) is 71.2 cm³/mol. The van der Waals surface area contributed by atoms with Gasteiger partial charge in [0.25, 0.3) is 5.69 Å². The zero-order valence-corrected chi connectivity index (χ0v) is 9.95. The van der Waals surface area contributed by atoms with Crippen LogP contribution in [0.25, 0.3) is 0 Å². The number of hydrogen-bond donors (Lipinski definition) is 0. The lowest BCUT2D eigenvalue weighted by molar-refractivity contribution is -0.384. The van der Waals surface area contributed by atoms with Gasteiger partial charge in [-0.25, -0.2) is 4.99 Å². The molecule has 0 fully saturated rings. The largest absolute Gasteiger partial charge is 0.485 e. The number of benzene rings is 2. The van der Waals surface area contributed by atoms with E-state index in [9.17, 15) is 10.1 Å². The Bertz CT molecular complexity index is 663. The lowest BCUT2D eigenvalue weighted by atomic mass is 10.1. The second-order valence-electron chi connectivity index (χ2n) is 4.12. The lowest BCUT2D eigenvalue weighted by Crippen LogP contribution is -2.16. The normalized spacial score (nSPS) is 13.2. The van der Waals surface area contributed by atoms with E-state index in [1.54, 1.807) is 12.1 Å². The molecule has 1 heterocycles. The van der Waals surface area contributed by atoms with E-state index in [-0.39, 0.29) is 5.69 Å². The van der Waals surface area contributed by atoms with Crippen molar-refractivity contribution in [1.29, 1.82) is 0 Å². The highest BCUT2D eigenvalue weighted by Crippen LogP contribution is 2.31. The number of non-ortho nitro benzene ring substituents is 1. The van der Waals surface area contributed by atoms with Crippen LogP contribution in [0.4, 0.5) is 11.4 Å². The molecule has 19 heavy (non-hydrogen) atoms. The lowest BCUT2D eigenvalue weighted by Gasteiger charge is -2.16. The Morgan fingerprint density at radius 1 is 1.11 bits per heavy atom. The van der Waals surface area contributed by atoms with Crippen LogP contribution >= 0.6 is 0 Å². The van der Waals surface area contributed by atoms with Crippen LogP contribution in [0.15, 0.2) is 53.5 Å². The van der Waals surface area contributed by atoms with Crippen molar-refractivity contribution in [2.45, 2.75) is 0 Å². The topological polar surface area (TPSA) is 64.7 Å². The standard InChI is InChI=1S/C14H10N2O3/c17-16(18)11-7-5-10(6-8-11)13-9-19-14-4-2-1-3-12(14)15-13/h1-8H,9H2. The highest BCUT2D eigenvalue weighted by Gasteiger charge is 2.14. The molecule has 0 unspecified atom stereocenters. The van der Waals surface area contributed by atoms with Crippen molar-refractivity contribution in [3.8, 4) is 5.75 Å². The third-order valence-electron chi connectivity index (χ3n) is 2.90. The number of ether oxygens (including phenoxy) is 1. The van der Waals surface area contributed by atoms with Gasteiger partial charge in [-0.15, -0.1) is 0 Å². The molecule has 0 amide bonds. The third-order valence-corrected chi connectivity index (χ3v) is 2.90. The van der Waals surface area contributed by atoms with Crippen molar-refractivity contribution in [2.24, 2.45) is 4.99 Å². The van der Waals surface area contributed by atoms with Gasteiger partial charge >= 0.3 is 0 Å². The van der Waals surface area contributed by atoms with Crippen molar-refractivity contribution in [1.82, 2.24) is 0 Å². The first-order chi connectivity index (χ1) is 9.24. The number of aliphatic imine (C=N–C) groups is 1. The van der Waals surface area contributed by atoms with Gasteiger partial charge in [-0.1, -0.05) is 12.1 Å². The molecular formula is C14H10N2O3. The van der Waals surface area contributed by atoms with Gasteiger partial charge in [0.05, 0.1) is 10.6 Å². The summed E-state index contributed by atoms with van der Waals surface area (Å²) in [7, 11) is 0. The number of hydrogen-bond acceptors (Lipinski definition) is 4. The summed E-state index contributed by atoms with van der Waals surface area (Å²) >= 11 is 0. The fraction of sp³-hybridized carbons (Fsp3) is 0.0714. The van der Waals surface area contributed by atoms with E-state index in [1.165, 1.54) is 12.1 Å². The molecule has 0 saturated carbocycles.